The monoisotopic (exact) mass is 413 g/mol. The second-order valence-corrected chi connectivity index (χ2v) is 6.67. The second kappa shape index (κ2) is 7.49. The van der Waals surface area contributed by atoms with Crippen molar-refractivity contribution in [3.63, 3.8) is 0 Å². The highest BCUT2D eigenvalue weighted by molar-refractivity contribution is 9.10. The van der Waals surface area contributed by atoms with Crippen molar-refractivity contribution in [3.8, 4) is 0 Å². The Morgan fingerprint density at radius 1 is 1.00 bits per heavy atom. The summed E-state index contributed by atoms with van der Waals surface area (Å²) in [6.07, 6.45) is 1.29. The van der Waals surface area contributed by atoms with Crippen LogP contribution in [0.25, 0.3) is 0 Å². The van der Waals surface area contributed by atoms with E-state index in [0.29, 0.717) is 5.69 Å². The lowest BCUT2D eigenvalue weighted by molar-refractivity contribution is -0.383. The zero-order valence-corrected chi connectivity index (χ0v) is 15.7. The molecule has 8 heteroatoms. The zero-order chi connectivity index (χ0) is 18.7. The maximum atomic E-state index is 11.7. The van der Waals surface area contributed by atoms with Crippen molar-refractivity contribution >= 4 is 44.6 Å². The molecule has 3 aromatic rings. The predicted molar refractivity (Wildman–Crippen MR) is 105 cm³/mol. The van der Waals surface area contributed by atoms with Crippen molar-refractivity contribution in [2.24, 2.45) is 0 Å². The summed E-state index contributed by atoms with van der Waals surface area (Å²) in [6, 6.07) is 13.1. The number of nitrogens with one attached hydrogen (secondary N) is 2. The predicted octanol–water partition coefficient (Wildman–Crippen LogP) is 5.25. The molecule has 1 aromatic heterocycles. The Hall–Kier alpha value is -3.00. The number of benzene rings is 2. The third-order valence-electron chi connectivity index (χ3n) is 3.75. The van der Waals surface area contributed by atoms with E-state index in [9.17, 15) is 10.1 Å². The van der Waals surface area contributed by atoms with Crippen LogP contribution >= 0.6 is 15.9 Å². The molecule has 0 fully saturated rings. The standard InChI is InChI=1S/C18H16BrN5O2/c1-11-3-8-15(12(2)9-11)23-18-16(24(25)26)17(20-10-21-18)22-14-6-4-13(19)5-7-14/h3-10H,1-2H3,(H2,20,21,22,23). The van der Waals surface area contributed by atoms with E-state index in [2.05, 4.69) is 36.5 Å². The van der Waals surface area contributed by atoms with E-state index in [4.69, 9.17) is 0 Å². The Morgan fingerprint density at radius 2 is 1.65 bits per heavy atom. The highest BCUT2D eigenvalue weighted by atomic mass is 79.9. The van der Waals surface area contributed by atoms with E-state index in [1.807, 2.05) is 44.2 Å². The summed E-state index contributed by atoms with van der Waals surface area (Å²) < 4.78 is 0.914. The van der Waals surface area contributed by atoms with Crippen LogP contribution in [0.4, 0.5) is 28.7 Å². The number of hydrogen-bond acceptors (Lipinski definition) is 6. The minimum absolute atomic E-state index is 0.125. The molecule has 0 amide bonds. The third-order valence-corrected chi connectivity index (χ3v) is 4.28. The highest BCUT2D eigenvalue weighted by Crippen LogP contribution is 2.33. The minimum atomic E-state index is -0.493. The number of aryl methyl sites for hydroxylation is 2. The molecule has 0 radical (unpaired) electrons. The van der Waals surface area contributed by atoms with Crippen molar-refractivity contribution < 1.29 is 4.92 Å². The van der Waals surface area contributed by atoms with Gasteiger partial charge in [0, 0.05) is 15.8 Å². The number of halogens is 1. The van der Waals surface area contributed by atoms with Gasteiger partial charge in [-0.1, -0.05) is 33.6 Å². The average Bonchev–Trinajstić information content (AvgIpc) is 2.59. The van der Waals surface area contributed by atoms with Crippen LogP contribution in [0.2, 0.25) is 0 Å². The number of aromatic nitrogens is 2. The smallest absolute Gasteiger partial charge is 0.334 e. The number of nitro groups is 1. The van der Waals surface area contributed by atoms with E-state index in [0.717, 1.165) is 21.3 Å². The van der Waals surface area contributed by atoms with E-state index in [1.54, 1.807) is 12.1 Å². The molecule has 2 aromatic carbocycles. The summed E-state index contributed by atoms with van der Waals surface area (Å²) in [7, 11) is 0. The number of nitrogens with zero attached hydrogens (tertiary/aromatic N) is 3. The summed E-state index contributed by atoms with van der Waals surface area (Å²) >= 11 is 3.36. The molecule has 0 saturated heterocycles. The van der Waals surface area contributed by atoms with Crippen LogP contribution in [-0.4, -0.2) is 14.9 Å². The Labute approximate surface area is 158 Å². The van der Waals surface area contributed by atoms with Crippen LogP contribution in [-0.2, 0) is 0 Å². The highest BCUT2D eigenvalue weighted by Gasteiger charge is 2.23. The third kappa shape index (κ3) is 3.97. The molecule has 2 N–H and O–H groups in total. The van der Waals surface area contributed by atoms with E-state index < -0.39 is 4.92 Å². The fourth-order valence-electron chi connectivity index (χ4n) is 2.49. The fraction of sp³-hybridized carbons (Fsp3) is 0.111. The summed E-state index contributed by atoms with van der Waals surface area (Å²) in [5.41, 5.74) is 3.32. The molecular weight excluding hydrogens is 398 g/mol. The maximum Gasteiger partial charge on any atom is 0.353 e. The van der Waals surface area contributed by atoms with Gasteiger partial charge in [0.2, 0.25) is 11.6 Å². The minimum Gasteiger partial charge on any atom is -0.334 e. The Kier molecular flexibility index (Phi) is 5.13. The molecule has 26 heavy (non-hydrogen) atoms. The van der Waals surface area contributed by atoms with Gasteiger partial charge in [-0.25, -0.2) is 9.97 Å². The summed E-state index contributed by atoms with van der Waals surface area (Å²) in [4.78, 5) is 19.3. The van der Waals surface area contributed by atoms with Gasteiger partial charge >= 0.3 is 5.69 Å². The zero-order valence-electron chi connectivity index (χ0n) is 14.2. The summed E-state index contributed by atoms with van der Waals surface area (Å²) in [6.45, 7) is 3.92. The van der Waals surface area contributed by atoms with Gasteiger partial charge in [0.25, 0.3) is 0 Å². The van der Waals surface area contributed by atoms with Crippen LogP contribution in [0.5, 0.6) is 0 Å². The van der Waals surface area contributed by atoms with Crippen LogP contribution in [0, 0.1) is 24.0 Å². The number of anilines is 4. The molecule has 0 bridgehead atoms. The molecule has 0 unspecified atom stereocenters. The van der Waals surface area contributed by atoms with Gasteiger partial charge in [0.15, 0.2) is 0 Å². The van der Waals surface area contributed by atoms with E-state index in [1.165, 1.54) is 6.33 Å². The summed E-state index contributed by atoms with van der Waals surface area (Å²) in [5.74, 6) is 0.260. The van der Waals surface area contributed by atoms with Gasteiger partial charge in [0.1, 0.15) is 6.33 Å². The summed E-state index contributed by atoms with van der Waals surface area (Å²) in [5, 5.41) is 17.7. The van der Waals surface area contributed by atoms with Gasteiger partial charge in [0.05, 0.1) is 4.92 Å². The largest absolute Gasteiger partial charge is 0.353 e. The van der Waals surface area contributed by atoms with E-state index >= 15 is 0 Å². The number of hydrogen-bond donors (Lipinski definition) is 2. The van der Waals surface area contributed by atoms with Crippen LogP contribution in [0.3, 0.4) is 0 Å². The molecule has 3 rings (SSSR count). The van der Waals surface area contributed by atoms with Gasteiger partial charge < -0.3 is 10.6 Å². The van der Waals surface area contributed by atoms with Crippen LogP contribution < -0.4 is 10.6 Å². The Balaban J connectivity index is 1.98. The molecule has 0 atom stereocenters. The van der Waals surface area contributed by atoms with Gasteiger partial charge in [-0.3, -0.25) is 10.1 Å². The van der Waals surface area contributed by atoms with Crippen molar-refractivity contribution in [2.45, 2.75) is 13.8 Å². The quantitative estimate of drug-likeness (QED) is 0.438. The fourth-order valence-corrected chi connectivity index (χ4v) is 2.75. The molecule has 0 aliphatic rings. The molecule has 0 aliphatic heterocycles. The lowest BCUT2D eigenvalue weighted by atomic mass is 10.1. The van der Waals surface area contributed by atoms with Crippen LogP contribution in [0.15, 0.2) is 53.3 Å². The van der Waals surface area contributed by atoms with Crippen LogP contribution in [0.1, 0.15) is 11.1 Å². The van der Waals surface area contributed by atoms with Gasteiger partial charge in [-0.2, -0.15) is 0 Å². The van der Waals surface area contributed by atoms with E-state index in [-0.39, 0.29) is 17.3 Å². The van der Waals surface area contributed by atoms with Crippen molar-refractivity contribution in [2.75, 3.05) is 10.6 Å². The molecule has 0 saturated carbocycles. The molecule has 132 valence electrons. The van der Waals surface area contributed by atoms with Crippen molar-refractivity contribution in [1.29, 1.82) is 0 Å². The maximum absolute atomic E-state index is 11.7. The average molecular weight is 414 g/mol. The lowest BCUT2D eigenvalue weighted by Crippen LogP contribution is -2.06. The van der Waals surface area contributed by atoms with Crippen molar-refractivity contribution in [3.05, 3.63) is 74.5 Å². The molecular formula is C18H16BrN5O2. The molecule has 7 nitrogen and oxygen atoms in total. The topological polar surface area (TPSA) is 93.0 Å². The van der Waals surface area contributed by atoms with Gasteiger partial charge in [-0.05, 0) is 49.7 Å². The first-order chi connectivity index (χ1) is 12.4. The second-order valence-electron chi connectivity index (χ2n) is 5.75. The number of rotatable bonds is 5. The Bertz CT molecular complexity index is 960. The lowest BCUT2D eigenvalue weighted by Gasteiger charge is -2.12. The molecule has 1 heterocycles. The van der Waals surface area contributed by atoms with Gasteiger partial charge in [-0.15, -0.1) is 0 Å². The normalized spacial score (nSPS) is 10.4. The first kappa shape index (κ1) is 17.8. The first-order valence-electron chi connectivity index (χ1n) is 7.80. The first-order valence-corrected chi connectivity index (χ1v) is 8.59. The SMILES string of the molecule is Cc1ccc(Nc2ncnc(Nc3ccc(Br)cc3)c2[N+](=O)[O-])c(C)c1. The Morgan fingerprint density at radius 3 is 2.27 bits per heavy atom. The molecule has 0 spiro atoms. The molecule has 0 aliphatic carbocycles. The van der Waals surface area contributed by atoms with Crippen molar-refractivity contribution in [1.82, 2.24) is 9.97 Å².